The van der Waals surface area contributed by atoms with E-state index in [9.17, 15) is 4.79 Å². The zero-order valence-corrected chi connectivity index (χ0v) is 17.2. The summed E-state index contributed by atoms with van der Waals surface area (Å²) in [6.45, 7) is 5.40. The number of amides is 1. The molecule has 152 valence electrons. The molecule has 1 aromatic carbocycles. The van der Waals surface area contributed by atoms with Gasteiger partial charge in [0, 0.05) is 25.7 Å². The number of hydrogen-bond acceptors (Lipinski definition) is 5. The number of benzene rings is 1. The van der Waals surface area contributed by atoms with Crippen molar-refractivity contribution in [2.75, 3.05) is 33.8 Å². The minimum absolute atomic E-state index is 0.00356. The lowest BCUT2D eigenvalue weighted by Crippen LogP contribution is -2.35. The predicted octanol–water partition coefficient (Wildman–Crippen LogP) is 2.48. The summed E-state index contributed by atoms with van der Waals surface area (Å²) in [6.07, 6.45) is 6.05. The Hall–Kier alpha value is -2.41. The number of hydrogen-bond donors (Lipinski definition) is 0. The number of aromatic nitrogens is 3. The number of nitrogens with zero attached hydrogens (tertiary/aromatic N) is 5. The van der Waals surface area contributed by atoms with E-state index in [1.165, 1.54) is 12.0 Å². The number of methoxy groups -OCH3 is 1. The maximum absolute atomic E-state index is 12.5. The number of likely N-dealkylation sites (tertiary alicyclic amines) is 1. The molecule has 0 radical (unpaired) electrons. The number of para-hydroxylation sites is 1. The van der Waals surface area contributed by atoms with Crippen molar-refractivity contribution in [3.63, 3.8) is 0 Å². The van der Waals surface area contributed by atoms with Gasteiger partial charge >= 0.3 is 0 Å². The average molecular weight is 386 g/mol. The summed E-state index contributed by atoms with van der Waals surface area (Å²) >= 11 is 0. The fourth-order valence-corrected chi connectivity index (χ4v) is 3.59. The molecule has 0 bridgehead atoms. The van der Waals surface area contributed by atoms with Crippen molar-refractivity contribution in [1.82, 2.24) is 24.8 Å². The first kappa shape index (κ1) is 20.3. The zero-order valence-electron chi connectivity index (χ0n) is 17.2. The average Bonchev–Trinajstić information content (AvgIpc) is 3.21. The van der Waals surface area contributed by atoms with Crippen molar-refractivity contribution >= 4 is 5.91 Å². The van der Waals surface area contributed by atoms with Crippen LogP contribution in [0.15, 0.2) is 30.5 Å². The third-order valence-electron chi connectivity index (χ3n) is 5.54. The van der Waals surface area contributed by atoms with E-state index in [2.05, 4.69) is 35.2 Å². The van der Waals surface area contributed by atoms with Crippen LogP contribution in [-0.4, -0.2) is 70.5 Å². The highest BCUT2D eigenvalue weighted by Gasteiger charge is 2.21. The third-order valence-corrected chi connectivity index (χ3v) is 5.54. The molecule has 7 heteroatoms. The lowest BCUT2D eigenvalue weighted by molar-refractivity contribution is 0.0718. The van der Waals surface area contributed by atoms with E-state index in [4.69, 9.17) is 4.74 Å². The van der Waals surface area contributed by atoms with Crippen LogP contribution in [0, 0.1) is 0 Å². The van der Waals surface area contributed by atoms with Gasteiger partial charge in [-0.05, 0) is 51.3 Å². The van der Waals surface area contributed by atoms with Crippen LogP contribution in [0.3, 0.4) is 0 Å². The van der Waals surface area contributed by atoms with E-state index in [-0.39, 0.29) is 5.91 Å². The fourth-order valence-electron chi connectivity index (χ4n) is 3.59. The lowest BCUT2D eigenvalue weighted by atomic mass is 10.1. The van der Waals surface area contributed by atoms with Crippen LogP contribution >= 0.6 is 0 Å². The van der Waals surface area contributed by atoms with Gasteiger partial charge in [0.1, 0.15) is 5.75 Å². The van der Waals surface area contributed by atoms with Gasteiger partial charge in [0.05, 0.1) is 19.9 Å². The van der Waals surface area contributed by atoms with Crippen molar-refractivity contribution in [1.29, 1.82) is 0 Å². The minimum Gasteiger partial charge on any atom is -0.496 e. The molecule has 0 aliphatic carbocycles. The molecule has 2 aromatic rings. The highest BCUT2D eigenvalue weighted by atomic mass is 16.5. The van der Waals surface area contributed by atoms with Crippen LogP contribution in [0.5, 0.6) is 5.75 Å². The van der Waals surface area contributed by atoms with Gasteiger partial charge in [-0.15, -0.1) is 5.10 Å². The van der Waals surface area contributed by atoms with Gasteiger partial charge in [0.2, 0.25) is 0 Å². The molecule has 0 saturated carbocycles. The number of piperidine rings is 1. The second-order valence-corrected chi connectivity index (χ2v) is 7.57. The van der Waals surface area contributed by atoms with Gasteiger partial charge < -0.3 is 14.5 Å². The van der Waals surface area contributed by atoms with Crippen LogP contribution in [0.1, 0.15) is 42.2 Å². The highest BCUT2D eigenvalue weighted by molar-refractivity contribution is 5.91. The molecule has 1 atom stereocenters. The summed E-state index contributed by atoms with van der Waals surface area (Å²) in [5, 5.41) is 8.24. The number of carbonyl (C=O) groups is 1. The summed E-state index contributed by atoms with van der Waals surface area (Å²) in [7, 11) is 3.82. The van der Waals surface area contributed by atoms with Gasteiger partial charge in [0.15, 0.2) is 5.69 Å². The number of carbonyl (C=O) groups excluding carboxylic acids is 1. The Kier molecular flexibility index (Phi) is 7.03. The van der Waals surface area contributed by atoms with Crippen LogP contribution in [0.2, 0.25) is 0 Å². The van der Waals surface area contributed by atoms with E-state index in [1.807, 2.05) is 23.1 Å². The van der Waals surface area contributed by atoms with Crippen molar-refractivity contribution in [3.8, 4) is 5.75 Å². The van der Waals surface area contributed by atoms with E-state index in [1.54, 1.807) is 18.0 Å². The monoisotopic (exact) mass is 385 g/mol. The Labute approximate surface area is 167 Å². The molecule has 0 unspecified atom stereocenters. The van der Waals surface area contributed by atoms with Gasteiger partial charge in [-0.1, -0.05) is 23.4 Å². The molecule has 1 saturated heterocycles. The fraction of sp³-hybridized carbons (Fsp3) is 0.571. The summed E-state index contributed by atoms with van der Waals surface area (Å²) in [5.74, 6) is 0.934. The summed E-state index contributed by atoms with van der Waals surface area (Å²) in [4.78, 5) is 16.7. The Morgan fingerprint density at radius 2 is 2.00 bits per heavy atom. The standard InChI is InChI=1S/C21H31N5O2/c1-17(15-18-9-5-6-10-20(18)28-3)24(2)13-14-26-16-19(22-23-26)21(27)25-11-7-4-8-12-25/h5-6,9-10,16-17H,4,7-8,11-15H2,1-3H3/t17-/m1/s1. The van der Waals surface area contributed by atoms with Gasteiger partial charge in [-0.2, -0.15) is 0 Å². The van der Waals surface area contributed by atoms with Gasteiger partial charge in [-0.25, -0.2) is 0 Å². The van der Waals surface area contributed by atoms with E-state index < -0.39 is 0 Å². The van der Waals surface area contributed by atoms with Gasteiger partial charge in [0.25, 0.3) is 5.91 Å². The molecule has 1 aliphatic rings. The Morgan fingerprint density at radius 1 is 1.25 bits per heavy atom. The van der Waals surface area contributed by atoms with Crippen LogP contribution in [0.25, 0.3) is 0 Å². The third kappa shape index (κ3) is 5.10. The number of rotatable bonds is 8. The van der Waals surface area contributed by atoms with Crippen LogP contribution in [-0.2, 0) is 13.0 Å². The molecule has 1 aliphatic heterocycles. The van der Waals surface area contributed by atoms with E-state index in [0.29, 0.717) is 18.3 Å². The SMILES string of the molecule is COc1ccccc1C[C@@H](C)N(C)CCn1cc(C(=O)N2CCCCC2)nn1. The molecule has 28 heavy (non-hydrogen) atoms. The summed E-state index contributed by atoms with van der Waals surface area (Å²) in [5.41, 5.74) is 1.66. The largest absolute Gasteiger partial charge is 0.496 e. The van der Waals surface area contributed by atoms with Gasteiger partial charge in [-0.3, -0.25) is 9.48 Å². The molecule has 2 heterocycles. The second-order valence-electron chi connectivity index (χ2n) is 7.57. The molecular weight excluding hydrogens is 354 g/mol. The van der Waals surface area contributed by atoms with Crippen LogP contribution in [0.4, 0.5) is 0 Å². The summed E-state index contributed by atoms with van der Waals surface area (Å²) in [6, 6.07) is 8.50. The zero-order chi connectivity index (χ0) is 19.9. The topological polar surface area (TPSA) is 63.5 Å². The molecule has 1 amide bonds. The van der Waals surface area contributed by atoms with Crippen LogP contribution < -0.4 is 4.74 Å². The molecule has 1 aromatic heterocycles. The lowest BCUT2D eigenvalue weighted by Gasteiger charge is -2.25. The predicted molar refractivity (Wildman–Crippen MR) is 109 cm³/mol. The normalized spacial score (nSPS) is 15.6. The maximum atomic E-state index is 12.5. The Morgan fingerprint density at radius 3 is 2.75 bits per heavy atom. The second kappa shape index (κ2) is 9.68. The first-order valence-electron chi connectivity index (χ1n) is 10.1. The Bertz CT molecular complexity index is 770. The molecule has 0 spiro atoms. The Balaban J connectivity index is 1.51. The molecular formula is C21H31N5O2. The van der Waals surface area contributed by atoms with E-state index in [0.717, 1.165) is 44.6 Å². The molecule has 0 N–H and O–H groups in total. The van der Waals surface area contributed by atoms with Crippen molar-refractivity contribution in [3.05, 3.63) is 41.7 Å². The quantitative estimate of drug-likeness (QED) is 0.699. The van der Waals surface area contributed by atoms with Crippen molar-refractivity contribution in [2.45, 2.75) is 45.2 Å². The first-order valence-corrected chi connectivity index (χ1v) is 10.1. The maximum Gasteiger partial charge on any atom is 0.276 e. The van der Waals surface area contributed by atoms with Crippen molar-refractivity contribution in [2.24, 2.45) is 0 Å². The number of ether oxygens (including phenoxy) is 1. The number of likely N-dealkylation sites (N-methyl/N-ethyl adjacent to an activating group) is 1. The molecule has 7 nitrogen and oxygen atoms in total. The smallest absolute Gasteiger partial charge is 0.276 e. The molecule has 3 rings (SSSR count). The highest BCUT2D eigenvalue weighted by Crippen LogP contribution is 2.20. The minimum atomic E-state index is 0.00356. The van der Waals surface area contributed by atoms with Crippen molar-refractivity contribution < 1.29 is 9.53 Å². The first-order chi connectivity index (χ1) is 13.6. The summed E-state index contributed by atoms with van der Waals surface area (Å²) < 4.78 is 7.22. The molecule has 1 fully saturated rings. The van der Waals surface area contributed by atoms with E-state index >= 15 is 0 Å².